The Bertz CT molecular complexity index is 522. The van der Waals surface area contributed by atoms with Crippen LogP contribution in [-0.4, -0.2) is 15.7 Å². The average molecular weight is 341 g/mol. The summed E-state index contributed by atoms with van der Waals surface area (Å²) in [4.78, 5) is 11.9. The summed E-state index contributed by atoms with van der Waals surface area (Å²) in [6, 6.07) is 9.82. The number of nitrogens with one attached hydrogen (secondary N) is 1. The molecular formula is C12H12IN3O. The Morgan fingerprint density at radius 2 is 2.12 bits per heavy atom. The van der Waals surface area contributed by atoms with Gasteiger partial charge in [0.25, 0.3) is 5.91 Å². The predicted octanol–water partition coefficient (Wildman–Crippen LogP) is 1.95. The van der Waals surface area contributed by atoms with E-state index in [4.69, 9.17) is 0 Å². The van der Waals surface area contributed by atoms with Crippen molar-refractivity contribution in [1.29, 1.82) is 0 Å². The summed E-state index contributed by atoms with van der Waals surface area (Å²) in [5, 5.41) is 7.00. The van der Waals surface area contributed by atoms with Gasteiger partial charge in [0.1, 0.15) is 3.70 Å². The van der Waals surface area contributed by atoms with Crippen LogP contribution in [0, 0.1) is 3.70 Å². The SMILES string of the molecule is Cn1cc(C(=O)NCc2ccccc2)c(I)n1. The van der Waals surface area contributed by atoms with Gasteiger partial charge >= 0.3 is 0 Å². The second-order valence-electron chi connectivity index (χ2n) is 3.68. The number of aromatic nitrogens is 2. The van der Waals surface area contributed by atoms with Gasteiger partial charge in [-0.3, -0.25) is 9.48 Å². The van der Waals surface area contributed by atoms with E-state index in [1.807, 2.05) is 30.3 Å². The standard InChI is InChI=1S/C12H12IN3O/c1-16-8-10(11(13)15-16)12(17)14-7-9-5-3-2-4-6-9/h2-6,8H,7H2,1H3,(H,14,17). The molecule has 0 bridgehead atoms. The molecule has 1 amide bonds. The van der Waals surface area contributed by atoms with Gasteiger partial charge in [0.15, 0.2) is 0 Å². The van der Waals surface area contributed by atoms with E-state index in [9.17, 15) is 4.79 Å². The normalized spacial score (nSPS) is 10.2. The first-order valence-electron chi connectivity index (χ1n) is 5.18. The molecule has 0 saturated carbocycles. The molecule has 0 spiro atoms. The number of amides is 1. The Kier molecular flexibility index (Phi) is 3.78. The number of benzene rings is 1. The Hall–Kier alpha value is -1.37. The number of carbonyl (C=O) groups excluding carboxylic acids is 1. The lowest BCUT2D eigenvalue weighted by atomic mass is 10.2. The van der Waals surface area contributed by atoms with Crippen LogP contribution in [0.1, 0.15) is 15.9 Å². The summed E-state index contributed by atoms with van der Waals surface area (Å²) in [6.45, 7) is 0.532. The van der Waals surface area contributed by atoms with Crippen LogP contribution < -0.4 is 5.32 Å². The summed E-state index contributed by atoms with van der Waals surface area (Å²) in [5.74, 6) is -0.0913. The molecule has 4 nitrogen and oxygen atoms in total. The smallest absolute Gasteiger partial charge is 0.255 e. The number of carbonyl (C=O) groups is 1. The van der Waals surface area contributed by atoms with Crippen molar-refractivity contribution >= 4 is 28.5 Å². The van der Waals surface area contributed by atoms with Crippen LogP contribution in [-0.2, 0) is 13.6 Å². The van der Waals surface area contributed by atoms with Crippen molar-refractivity contribution in [3.8, 4) is 0 Å². The van der Waals surface area contributed by atoms with Gasteiger partial charge in [-0.15, -0.1) is 0 Å². The summed E-state index contributed by atoms with van der Waals surface area (Å²) >= 11 is 2.06. The first-order valence-corrected chi connectivity index (χ1v) is 6.26. The van der Waals surface area contributed by atoms with Crippen LogP contribution >= 0.6 is 22.6 Å². The summed E-state index contributed by atoms with van der Waals surface area (Å²) in [7, 11) is 1.80. The van der Waals surface area contributed by atoms with Crippen LogP contribution in [0.3, 0.4) is 0 Å². The van der Waals surface area contributed by atoms with E-state index in [1.54, 1.807) is 17.9 Å². The lowest BCUT2D eigenvalue weighted by Gasteiger charge is -2.03. The molecular weight excluding hydrogens is 329 g/mol. The minimum Gasteiger partial charge on any atom is -0.348 e. The fourth-order valence-corrected chi connectivity index (χ4v) is 2.21. The van der Waals surface area contributed by atoms with Crippen molar-refractivity contribution in [2.75, 3.05) is 0 Å². The zero-order chi connectivity index (χ0) is 12.3. The topological polar surface area (TPSA) is 46.9 Å². The quantitative estimate of drug-likeness (QED) is 0.868. The molecule has 0 aliphatic carbocycles. The molecule has 0 saturated heterocycles. The van der Waals surface area contributed by atoms with Crippen LogP contribution in [0.25, 0.3) is 0 Å². The molecule has 1 N–H and O–H groups in total. The van der Waals surface area contributed by atoms with Crippen molar-refractivity contribution in [1.82, 2.24) is 15.1 Å². The molecule has 0 aliphatic rings. The van der Waals surface area contributed by atoms with Crippen LogP contribution in [0.15, 0.2) is 36.5 Å². The van der Waals surface area contributed by atoms with Crippen molar-refractivity contribution in [3.63, 3.8) is 0 Å². The van der Waals surface area contributed by atoms with E-state index in [1.165, 1.54) is 0 Å². The molecule has 0 unspecified atom stereocenters. The highest BCUT2D eigenvalue weighted by molar-refractivity contribution is 14.1. The molecule has 1 heterocycles. The van der Waals surface area contributed by atoms with E-state index in [0.29, 0.717) is 12.1 Å². The van der Waals surface area contributed by atoms with Gasteiger partial charge in [-0.05, 0) is 28.2 Å². The molecule has 0 radical (unpaired) electrons. The number of hydrogen-bond donors (Lipinski definition) is 1. The molecule has 0 fully saturated rings. The Balaban J connectivity index is 2.01. The lowest BCUT2D eigenvalue weighted by molar-refractivity contribution is 0.0950. The van der Waals surface area contributed by atoms with Crippen molar-refractivity contribution in [2.24, 2.45) is 7.05 Å². The highest BCUT2D eigenvalue weighted by Gasteiger charge is 2.12. The van der Waals surface area contributed by atoms with Crippen molar-refractivity contribution in [2.45, 2.75) is 6.54 Å². The van der Waals surface area contributed by atoms with Crippen molar-refractivity contribution in [3.05, 3.63) is 51.4 Å². The molecule has 2 rings (SSSR count). The molecule has 1 aromatic heterocycles. The lowest BCUT2D eigenvalue weighted by Crippen LogP contribution is -2.23. The van der Waals surface area contributed by atoms with E-state index < -0.39 is 0 Å². The molecule has 0 aliphatic heterocycles. The maximum absolute atomic E-state index is 11.9. The van der Waals surface area contributed by atoms with Gasteiger partial charge < -0.3 is 5.32 Å². The summed E-state index contributed by atoms with van der Waals surface area (Å²) in [6.07, 6.45) is 1.72. The summed E-state index contributed by atoms with van der Waals surface area (Å²) < 4.78 is 2.36. The minimum absolute atomic E-state index is 0.0913. The van der Waals surface area contributed by atoms with Gasteiger partial charge in [-0.25, -0.2) is 0 Å². The highest BCUT2D eigenvalue weighted by Crippen LogP contribution is 2.09. The fraction of sp³-hybridized carbons (Fsp3) is 0.167. The van der Waals surface area contributed by atoms with Gasteiger partial charge in [0.05, 0.1) is 5.56 Å². The van der Waals surface area contributed by atoms with Gasteiger partial charge in [-0.2, -0.15) is 5.10 Å². The molecule has 2 aromatic rings. The number of nitrogens with zero attached hydrogens (tertiary/aromatic N) is 2. The molecule has 1 aromatic carbocycles. The fourth-order valence-electron chi connectivity index (χ4n) is 1.49. The van der Waals surface area contributed by atoms with Crippen LogP contribution in [0.4, 0.5) is 0 Å². The molecule has 88 valence electrons. The third kappa shape index (κ3) is 3.06. The first kappa shape index (κ1) is 12.1. The van der Waals surface area contributed by atoms with Crippen LogP contribution in [0.2, 0.25) is 0 Å². The average Bonchev–Trinajstić information content (AvgIpc) is 2.67. The third-order valence-electron chi connectivity index (χ3n) is 2.32. The number of rotatable bonds is 3. The zero-order valence-electron chi connectivity index (χ0n) is 9.35. The maximum Gasteiger partial charge on any atom is 0.255 e. The summed E-state index contributed by atoms with van der Waals surface area (Å²) in [5.41, 5.74) is 1.70. The second-order valence-corrected chi connectivity index (χ2v) is 4.70. The van der Waals surface area contributed by atoms with E-state index in [2.05, 4.69) is 33.0 Å². The first-order chi connectivity index (χ1) is 8.16. The molecule has 0 atom stereocenters. The number of halogens is 1. The molecule has 5 heteroatoms. The van der Waals surface area contributed by atoms with Crippen molar-refractivity contribution < 1.29 is 4.79 Å². The Morgan fingerprint density at radius 1 is 1.41 bits per heavy atom. The van der Waals surface area contributed by atoms with E-state index >= 15 is 0 Å². The predicted molar refractivity (Wildman–Crippen MR) is 73.5 cm³/mol. The number of hydrogen-bond acceptors (Lipinski definition) is 2. The minimum atomic E-state index is -0.0913. The van der Waals surface area contributed by atoms with Gasteiger partial charge in [-0.1, -0.05) is 30.3 Å². The Morgan fingerprint density at radius 3 is 2.71 bits per heavy atom. The largest absolute Gasteiger partial charge is 0.348 e. The van der Waals surface area contributed by atoms with Gasteiger partial charge in [0.2, 0.25) is 0 Å². The highest BCUT2D eigenvalue weighted by atomic mass is 127. The van der Waals surface area contributed by atoms with Gasteiger partial charge in [0, 0.05) is 19.8 Å². The monoisotopic (exact) mass is 341 g/mol. The molecule has 17 heavy (non-hydrogen) atoms. The second kappa shape index (κ2) is 5.31. The zero-order valence-corrected chi connectivity index (χ0v) is 11.5. The third-order valence-corrected chi connectivity index (χ3v) is 3.12. The van der Waals surface area contributed by atoms with Crippen LogP contribution in [0.5, 0.6) is 0 Å². The Labute approximate surface area is 113 Å². The number of aryl methyl sites for hydroxylation is 1. The van der Waals surface area contributed by atoms with E-state index in [0.717, 1.165) is 9.26 Å². The maximum atomic E-state index is 11.9. The van der Waals surface area contributed by atoms with E-state index in [-0.39, 0.29) is 5.91 Å².